The van der Waals surface area contributed by atoms with Gasteiger partial charge in [-0.15, -0.1) is 0 Å². The van der Waals surface area contributed by atoms with Crippen LogP contribution in [-0.4, -0.2) is 17.8 Å². The third-order valence-electron chi connectivity index (χ3n) is 2.13. The highest BCUT2D eigenvalue weighted by molar-refractivity contribution is 7.98. The molecule has 0 fully saturated rings. The highest BCUT2D eigenvalue weighted by Crippen LogP contribution is 2.28. The number of nitrogens with zero attached hydrogens (tertiary/aromatic N) is 1. The Kier molecular flexibility index (Phi) is 2.31. The van der Waals surface area contributed by atoms with Crippen molar-refractivity contribution in [2.24, 2.45) is 0 Å². The third-order valence-corrected chi connectivity index (χ3v) is 3.10. The van der Waals surface area contributed by atoms with E-state index in [0.717, 1.165) is 17.9 Å². The van der Waals surface area contributed by atoms with Gasteiger partial charge in [0.1, 0.15) is 0 Å². The lowest BCUT2D eigenvalue weighted by Gasteiger charge is -2.16. The quantitative estimate of drug-likeness (QED) is 0.738. The largest absolute Gasteiger partial charge is 0.480 e. The van der Waals surface area contributed by atoms with Crippen LogP contribution >= 0.6 is 11.8 Å². The third kappa shape index (κ3) is 1.58. The molecule has 0 radical (unpaired) electrons. The van der Waals surface area contributed by atoms with Gasteiger partial charge in [-0.25, -0.2) is 4.98 Å². The van der Waals surface area contributed by atoms with Crippen molar-refractivity contribution in [3.63, 3.8) is 0 Å². The molecule has 1 aromatic heterocycles. The van der Waals surface area contributed by atoms with Crippen LogP contribution in [0, 0.1) is 0 Å². The fourth-order valence-corrected chi connectivity index (χ4v) is 2.40. The van der Waals surface area contributed by atoms with Crippen molar-refractivity contribution in [2.75, 3.05) is 18.6 Å². The number of nitrogen functional groups attached to an aromatic ring is 1. The monoisotopic (exact) mass is 196 g/mol. The van der Waals surface area contributed by atoms with Crippen LogP contribution < -0.4 is 10.5 Å². The average Bonchev–Trinajstić information content (AvgIpc) is 2.17. The van der Waals surface area contributed by atoms with Gasteiger partial charge >= 0.3 is 0 Å². The highest BCUT2D eigenvalue weighted by Gasteiger charge is 2.13. The number of aryl methyl sites for hydroxylation is 1. The molecule has 0 bridgehead atoms. The number of anilines is 1. The lowest BCUT2D eigenvalue weighted by molar-refractivity contribution is 0.399. The molecule has 2 rings (SSSR count). The Morgan fingerprint density at radius 3 is 3.23 bits per heavy atom. The van der Waals surface area contributed by atoms with E-state index >= 15 is 0 Å². The van der Waals surface area contributed by atoms with Gasteiger partial charge in [-0.1, -0.05) is 0 Å². The number of pyridine rings is 1. The van der Waals surface area contributed by atoms with E-state index in [4.69, 9.17) is 10.5 Å². The maximum Gasteiger partial charge on any atom is 0.237 e. The second kappa shape index (κ2) is 3.46. The fourth-order valence-electron chi connectivity index (χ4n) is 1.45. The van der Waals surface area contributed by atoms with Crippen LogP contribution in [-0.2, 0) is 12.2 Å². The average molecular weight is 196 g/mol. The summed E-state index contributed by atoms with van der Waals surface area (Å²) in [5.74, 6) is 2.70. The van der Waals surface area contributed by atoms with Gasteiger partial charge in [-0.05, 0) is 23.8 Å². The Hall–Kier alpha value is -0.900. The van der Waals surface area contributed by atoms with Crippen LogP contribution in [0.2, 0.25) is 0 Å². The van der Waals surface area contributed by atoms with E-state index in [1.807, 2.05) is 17.8 Å². The van der Waals surface area contributed by atoms with Crippen molar-refractivity contribution >= 4 is 17.4 Å². The molecular formula is C9H12N2OS. The van der Waals surface area contributed by atoms with Gasteiger partial charge in [0, 0.05) is 5.75 Å². The summed E-state index contributed by atoms with van der Waals surface area (Å²) in [6.45, 7) is 0. The molecule has 0 atom stereocenters. The molecule has 1 aliphatic rings. The van der Waals surface area contributed by atoms with Crippen molar-refractivity contribution in [1.29, 1.82) is 0 Å². The molecule has 2 heterocycles. The van der Waals surface area contributed by atoms with E-state index in [9.17, 15) is 0 Å². The minimum absolute atomic E-state index is 0.557. The number of hydrogen-bond donors (Lipinski definition) is 1. The Labute approximate surface area is 81.7 Å². The molecule has 1 aliphatic heterocycles. The molecule has 0 amide bonds. The zero-order chi connectivity index (χ0) is 9.26. The van der Waals surface area contributed by atoms with E-state index in [-0.39, 0.29) is 0 Å². The molecule has 0 unspecified atom stereocenters. The van der Waals surface area contributed by atoms with Gasteiger partial charge in [0.25, 0.3) is 0 Å². The molecule has 13 heavy (non-hydrogen) atoms. The Balaban J connectivity index is 2.44. The maximum absolute atomic E-state index is 5.76. The summed E-state index contributed by atoms with van der Waals surface area (Å²) in [7, 11) is 1.60. The lowest BCUT2D eigenvalue weighted by Crippen LogP contribution is -2.07. The topological polar surface area (TPSA) is 48.1 Å². The van der Waals surface area contributed by atoms with Crippen molar-refractivity contribution < 1.29 is 4.74 Å². The predicted molar refractivity (Wildman–Crippen MR) is 55.1 cm³/mol. The summed E-state index contributed by atoms with van der Waals surface area (Å²) >= 11 is 1.90. The summed E-state index contributed by atoms with van der Waals surface area (Å²) in [4.78, 5) is 4.36. The van der Waals surface area contributed by atoms with Crippen molar-refractivity contribution in [1.82, 2.24) is 4.98 Å². The number of methoxy groups -OCH3 is 1. The van der Waals surface area contributed by atoms with Crippen LogP contribution in [0.3, 0.4) is 0 Å². The summed E-state index contributed by atoms with van der Waals surface area (Å²) < 4.78 is 5.07. The van der Waals surface area contributed by atoms with Gasteiger partial charge in [-0.3, -0.25) is 0 Å². The van der Waals surface area contributed by atoms with Crippen molar-refractivity contribution in [2.45, 2.75) is 12.2 Å². The van der Waals surface area contributed by atoms with Crippen molar-refractivity contribution in [3.8, 4) is 5.88 Å². The molecule has 3 nitrogen and oxygen atoms in total. The van der Waals surface area contributed by atoms with E-state index in [1.165, 1.54) is 11.3 Å². The molecule has 0 aromatic carbocycles. The van der Waals surface area contributed by atoms with E-state index in [0.29, 0.717) is 11.6 Å². The van der Waals surface area contributed by atoms with Gasteiger partial charge in [-0.2, -0.15) is 11.8 Å². The molecule has 0 spiro atoms. The van der Waals surface area contributed by atoms with Crippen LogP contribution in [0.1, 0.15) is 11.3 Å². The first-order valence-corrected chi connectivity index (χ1v) is 5.36. The summed E-state index contributed by atoms with van der Waals surface area (Å²) in [6, 6.07) is 1.99. The second-order valence-corrected chi connectivity index (χ2v) is 4.10. The Morgan fingerprint density at radius 2 is 2.46 bits per heavy atom. The smallest absolute Gasteiger partial charge is 0.237 e. The van der Waals surface area contributed by atoms with Gasteiger partial charge in [0.15, 0.2) is 0 Å². The molecule has 0 aliphatic carbocycles. The first-order chi connectivity index (χ1) is 6.31. The molecule has 70 valence electrons. The van der Waals surface area contributed by atoms with E-state index < -0.39 is 0 Å². The SMILES string of the molecule is COc1nc2c(cc1N)CCSC2. The van der Waals surface area contributed by atoms with Gasteiger partial charge in [0.2, 0.25) is 5.88 Å². The number of fused-ring (bicyclic) bond motifs is 1. The Bertz CT molecular complexity index is 328. The summed E-state index contributed by atoms with van der Waals surface area (Å²) in [5.41, 5.74) is 8.81. The number of nitrogens with two attached hydrogens (primary N) is 1. The highest BCUT2D eigenvalue weighted by atomic mass is 32.2. The first kappa shape index (κ1) is 8.69. The molecule has 2 N–H and O–H groups in total. The Morgan fingerprint density at radius 1 is 1.62 bits per heavy atom. The summed E-state index contributed by atoms with van der Waals surface area (Å²) in [6.07, 6.45) is 1.07. The molecule has 1 aromatic rings. The van der Waals surface area contributed by atoms with Crippen LogP contribution in [0.15, 0.2) is 6.07 Å². The van der Waals surface area contributed by atoms with Crippen molar-refractivity contribution in [3.05, 3.63) is 17.3 Å². The lowest BCUT2D eigenvalue weighted by atomic mass is 10.1. The number of hydrogen-bond acceptors (Lipinski definition) is 4. The predicted octanol–water partition coefficient (Wildman–Crippen LogP) is 1.46. The zero-order valence-corrected chi connectivity index (χ0v) is 8.36. The molecule has 4 heteroatoms. The molecule has 0 saturated carbocycles. The maximum atomic E-state index is 5.76. The minimum atomic E-state index is 0.557. The summed E-state index contributed by atoms with van der Waals surface area (Å²) in [5, 5.41) is 0. The van der Waals surface area contributed by atoms with Crippen LogP contribution in [0.5, 0.6) is 5.88 Å². The van der Waals surface area contributed by atoms with Gasteiger partial charge < -0.3 is 10.5 Å². The number of ether oxygens (including phenoxy) is 1. The molecular weight excluding hydrogens is 184 g/mol. The van der Waals surface area contributed by atoms with Crippen LogP contribution in [0.4, 0.5) is 5.69 Å². The normalized spacial score (nSPS) is 15.2. The zero-order valence-electron chi connectivity index (χ0n) is 7.54. The van der Waals surface area contributed by atoms with E-state index in [2.05, 4.69) is 4.98 Å². The first-order valence-electron chi connectivity index (χ1n) is 4.21. The minimum Gasteiger partial charge on any atom is -0.480 e. The molecule has 0 saturated heterocycles. The van der Waals surface area contributed by atoms with Gasteiger partial charge in [0.05, 0.1) is 18.5 Å². The number of aromatic nitrogens is 1. The number of rotatable bonds is 1. The standard InChI is InChI=1S/C9H12N2OS/c1-12-9-7(10)4-6-2-3-13-5-8(6)11-9/h4H,2-3,5,10H2,1H3. The fraction of sp³-hybridized carbons (Fsp3) is 0.444. The number of thioether (sulfide) groups is 1. The van der Waals surface area contributed by atoms with Crippen LogP contribution in [0.25, 0.3) is 0 Å². The van der Waals surface area contributed by atoms with E-state index in [1.54, 1.807) is 7.11 Å². The second-order valence-electron chi connectivity index (χ2n) is 3.00.